The van der Waals surface area contributed by atoms with E-state index in [0.717, 1.165) is 38.1 Å². The van der Waals surface area contributed by atoms with Crippen LogP contribution < -0.4 is 5.32 Å². The molecule has 0 aliphatic carbocycles. The quantitative estimate of drug-likeness (QED) is 0.207. The van der Waals surface area contributed by atoms with E-state index in [1.165, 1.54) is 95.5 Å². The molecule has 6 nitrogen and oxygen atoms in total. The van der Waals surface area contributed by atoms with Crippen LogP contribution >= 0.6 is 35.1 Å². The maximum Gasteiger partial charge on any atom is 0.0734 e. The number of benzene rings is 2. The Hall–Kier alpha value is -1.59. The number of hydrogen-bond donors (Lipinski definition) is 2. The molecule has 6 aliphatic rings. The van der Waals surface area contributed by atoms with E-state index < -0.39 is 0 Å². The van der Waals surface area contributed by atoms with Gasteiger partial charge in [-0.3, -0.25) is 0 Å². The SMILES string of the molecule is CN1C2CCC1CC(O)C2.CN1C2CCC1CC(OCc1csc3ccccc13)C2.Cl.c1ccc2c(COC3CC4CCC(C3)N4)csc2c1. The summed E-state index contributed by atoms with van der Waals surface area (Å²) in [5, 5.41) is 20.3. The van der Waals surface area contributed by atoms with Gasteiger partial charge in [-0.05, 0) is 136 Å². The number of halogens is 1. The third-order valence-electron chi connectivity index (χ3n) is 12.6. The number of rotatable bonds is 6. The lowest BCUT2D eigenvalue weighted by Crippen LogP contribution is -2.42. The second-order valence-electron chi connectivity index (χ2n) is 15.7. The minimum absolute atomic E-state index is 0. The minimum Gasteiger partial charge on any atom is -0.393 e. The van der Waals surface area contributed by atoms with Crippen LogP contribution in [0.5, 0.6) is 0 Å². The molecule has 9 heteroatoms. The molecule has 6 atom stereocenters. The summed E-state index contributed by atoms with van der Waals surface area (Å²) in [5.74, 6) is 0. The lowest BCUT2D eigenvalue weighted by atomic mass is 10.0. The lowest BCUT2D eigenvalue weighted by Gasteiger charge is -2.36. The van der Waals surface area contributed by atoms with E-state index in [2.05, 4.69) is 88.5 Å². The first-order chi connectivity index (χ1) is 24.0. The highest BCUT2D eigenvalue weighted by Crippen LogP contribution is 2.37. The van der Waals surface area contributed by atoms with Gasteiger partial charge in [0, 0.05) is 45.7 Å². The molecule has 6 aliphatic heterocycles. The van der Waals surface area contributed by atoms with Gasteiger partial charge in [0.05, 0.1) is 31.5 Å². The zero-order valence-corrected chi connectivity index (χ0v) is 32.2. The smallest absolute Gasteiger partial charge is 0.0734 e. The molecule has 6 unspecified atom stereocenters. The summed E-state index contributed by atoms with van der Waals surface area (Å²) in [6.45, 7) is 1.55. The van der Waals surface area contributed by atoms with Crippen molar-refractivity contribution in [2.45, 2.75) is 145 Å². The second-order valence-corrected chi connectivity index (χ2v) is 17.5. The van der Waals surface area contributed by atoms with Gasteiger partial charge in [0.1, 0.15) is 0 Å². The van der Waals surface area contributed by atoms with Crippen LogP contribution in [0.4, 0.5) is 0 Å². The van der Waals surface area contributed by atoms with Gasteiger partial charge in [0.15, 0.2) is 0 Å². The van der Waals surface area contributed by atoms with Crippen molar-refractivity contribution >= 4 is 55.3 Å². The summed E-state index contributed by atoms with van der Waals surface area (Å²) < 4.78 is 15.2. The van der Waals surface area contributed by atoms with Gasteiger partial charge < -0.3 is 29.7 Å². The molecule has 0 spiro atoms. The summed E-state index contributed by atoms with van der Waals surface area (Å²) in [6.07, 6.45) is 15.8. The minimum atomic E-state index is -0.00583. The molecule has 2 N–H and O–H groups in total. The Morgan fingerprint density at radius 1 is 0.620 bits per heavy atom. The number of fused-ring (bicyclic) bond motifs is 8. The van der Waals surface area contributed by atoms with Crippen molar-refractivity contribution < 1.29 is 14.6 Å². The standard InChI is InChI=1S/C17H21NOS.C16H19NOS.C8H15NO.ClH/c1-18-13-6-7-14(18)9-15(8-13)19-10-12-11-20-17-5-3-2-4-16(12)17;1-2-4-16-15(3-1)11(10-19-16)9-18-14-7-12-5-6-13(8-14)17-12;1-9-6-2-3-7(9)5-8(10)4-6;/h2-5,11,13-15H,6-10H2,1H3;1-4,10,12-14,17H,5-9H2;6-8,10H,2-5H2,1H3;1H. The molecule has 4 aromatic rings. The molecule has 0 saturated carbocycles. The molecule has 50 heavy (non-hydrogen) atoms. The summed E-state index contributed by atoms with van der Waals surface area (Å²) >= 11 is 3.65. The van der Waals surface area contributed by atoms with Crippen LogP contribution in [-0.4, -0.2) is 83.6 Å². The Morgan fingerprint density at radius 2 is 1.04 bits per heavy atom. The van der Waals surface area contributed by atoms with Crippen molar-refractivity contribution in [1.29, 1.82) is 0 Å². The molecular weight excluding hydrogens is 682 g/mol. The average molecular weight is 739 g/mol. The fourth-order valence-corrected chi connectivity index (χ4v) is 11.6. The number of piperidine rings is 3. The van der Waals surface area contributed by atoms with Crippen LogP contribution in [0.2, 0.25) is 0 Å². The Morgan fingerprint density at radius 3 is 1.52 bits per heavy atom. The van der Waals surface area contributed by atoms with Crippen LogP contribution in [-0.2, 0) is 22.7 Å². The lowest BCUT2D eigenvalue weighted by molar-refractivity contribution is -0.0206. The summed E-state index contributed by atoms with van der Waals surface area (Å²) in [5.41, 5.74) is 2.71. The van der Waals surface area contributed by atoms with Gasteiger partial charge in [0.2, 0.25) is 0 Å². The first kappa shape index (κ1) is 36.8. The van der Waals surface area contributed by atoms with E-state index in [1.54, 1.807) is 0 Å². The van der Waals surface area contributed by atoms with Crippen molar-refractivity contribution in [3.63, 3.8) is 0 Å². The zero-order valence-electron chi connectivity index (χ0n) is 29.8. The van der Waals surface area contributed by atoms with Crippen molar-refractivity contribution in [3.05, 3.63) is 70.4 Å². The van der Waals surface area contributed by atoms with Crippen molar-refractivity contribution in [2.24, 2.45) is 0 Å². The summed E-state index contributed by atoms with van der Waals surface area (Å²) in [6, 6.07) is 21.6. The third kappa shape index (κ3) is 8.30. The summed E-state index contributed by atoms with van der Waals surface area (Å²) in [7, 11) is 4.47. The number of aliphatic hydroxyl groups excluding tert-OH is 1. The third-order valence-corrected chi connectivity index (χ3v) is 14.7. The Labute approximate surface area is 312 Å². The van der Waals surface area contributed by atoms with Crippen LogP contribution in [0.1, 0.15) is 88.2 Å². The first-order valence-corrected chi connectivity index (χ1v) is 20.7. The van der Waals surface area contributed by atoms with Gasteiger partial charge in [-0.2, -0.15) is 0 Å². The number of nitrogens with zero attached hydrogens (tertiary/aromatic N) is 2. The predicted octanol–water partition coefficient (Wildman–Crippen LogP) is 8.77. The second kappa shape index (κ2) is 16.6. The van der Waals surface area contributed by atoms with E-state index in [4.69, 9.17) is 9.47 Å². The van der Waals surface area contributed by atoms with Gasteiger partial charge in [-0.15, -0.1) is 35.1 Å². The molecule has 2 aromatic heterocycles. The molecule has 2 aromatic carbocycles. The predicted molar refractivity (Wildman–Crippen MR) is 211 cm³/mol. The highest BCUT2D eigenvalue weighted by Gasteiger charge is 2.39. The van der Waals surface area contributed by atoms with Crippen LogP contribution in [0.3, 0.4) is 0 Å². The van der Waals surface area contributed by atoms with Gasteiger partial charge in [-0.25, -0.2) is 0 Å². The van der Waals surface area contributed by atoms with E-state index in [9.17, 15) is 5.11 Å². The Bertz CT molecular complexity index is 1640. The molecule has 6 fully saturated rings. The van der Waals surface area contributed by atoms with Gasteiger partial charge in [0.25, 0.3) is 0 Å². The zero-order chi connectivity index (χ0) is 33.3. The van der Waals surface area contributed by atoms with E-state index >= 15 is 0 Å². The van der Waals surface area contributed by atoms with Crippen LogP contribution in [0.25, 0.3) is 20.2 Å². The molecular formula is C41H56ClN3O3S2. The fourth-order valence-electron chi connectivity index (χ4n) is 9.73. The largest absolute Gasteiger partial charge is 0.393 e. The van der Waals surface area contributed by atoms with Crippen molar-refractivity contribution in [2.75, 3.05) is 14.1 Å². The molecule has 6 saturated heterocycles. The number of aliphatic hydroxyl groups is 1. The number of nitrogens with one attached hydrogen (secondary N) is 1. The highest BCUT2D eigenvalue weighted by atomic mass is 35.5. The topological polar surface area (TPSA) is 57.2 Å². The highest BCUT2D eigenvalue weighted by molar-refractivity contribution is 7.17. The first-order valence-electron chi connectivity index (χ1n) is 19.0. The fraction of sp³-hybridized carbons (Fsp3) is 0.610. The Kier molecular flexibility index (Phi) is 12.2. The molecule has 272 valence electrons. The monoisotopic (exact) mass is 737 g/mol. The average Bonchev–Trinajstić information content (AvgIpc) is 3.89. The van der Waals surface area contributed by atoms with E-state index in [-0.39, 0.29) is 18.5 Å². The summed E-state index contributed by atoms with van der Waals surface area (Å²) in [4.78, 5) is 5.01. The Balaban J connectivity index is 0.000000123. The van der Waals surface area contributed by atoms with Gasteiger partial charge >= 0.3 is 0 Å². The molecule has 0 radical (unpaired) electrons. The van der Waals surface area contributed by atoms with Crippen LogP contribution in [0.15, 0.2) is 59.3 Å². The normalized spacial score (nSPS) is 33.1. The van der Waals surface area contributed by atoms with Gasteiger partial charge in [-0.1, -0.05) is 36.4 Å². The number of thiophene rings is 2. The molecule has 0 amide bonds. The molecule has 8 heterocycles. The van der Waals surface area contributed by atoms with E-state index in [0.29, 0.717) is 36.4 Å². The van der Waals surface area contributed by atoms with Crippen molar-refractivity contribution in [1.82, 2.24) is 15.1 Å². The maximum atomic E-state index is 9.38. The molecule has 6 bridgehead atoms. The number of ether oxygens (including phenoxy) is 2. The maximum absolute atomic E-state index is 9.38. The van der Waals surface area contributed by atoms with Crippen LogP contribution in [0, 0.1) is 0 Å². The number of hydrogen-bond acceptors (Lipinski definition) is 8. The molecule has 10 rings (SSSR count). The van der Waals surface area contributed by atoms with Crippen molar-refractivity contribution in [3.8, 4) is 0 Å². The van der Waals surface area contributed by atoms with E-state index in [1.807, 2.05) is 22.7 Å².